The Morgan fingerprint density at radius 1 is 1.42 bits per heavy atom. The van der Waals surface area contributed by atoms with Crippen LogP contribution in [0.5, 0.6) is 0 Å². The zero-order chi connectivity index (χ0) is 14.4. The Morgan fingerprint density at radius 2 is 2.11 bits per heavy atom. The minimum atomic E-state index is 0.102. The number of hydrogen-bond acceptors (Lipinski definition) is 3. The average molecular weight is 269 g/mol. The fourth-order valence-corrected chi connectivity index (χ4v) is 2.77. The number of carbonyl (C=O) groups excluding carboxylic acids is 1. The van der Waals surface area contributed by atoms with Crippen molar-refractivity contribution in [3.8, 4) is 0 Å². The molecule has 1 heterocycles. The van der Waals surface area contributed by atoms with Crippen molar-refractivity contribution in [2.45, 2.75) is 58.5 Å². The highest BCUT2D eigenvalue weighted by molar-refractivity contribution is 5.78. The lowest BCUT2D eigenvalue weighted by Gasteiger charge is -2.35. The van der Waals surface area contributed by atoms with Crippen LogP contribution in [0.15, 0.2) is 0 Å². The highest BCUT2D eigenvalue weighted by Crippen LogP contribution is 2.17. The van der Waals surface area contributed by atoms with Gasteiger partial charge in [-0.1, -0.05) is 20.3 Å². The fraction of sp³-hybridized carbons (Fsp3) is 0.933. The smallest absolute Gasteiger partial charge is 0.223 e. The number of rotatable bonds is 6. The summed E-state index contributed by atoms with van der Waals surface area (Å²) in [5, 5.41) is 3.23. The first-order valence-electron chi connectivity index (χ1n) is 7.64. The van der Waals surface area contributed by atoms with E-state index in [0.717, 1.165) is 38.8 Å². The van der Waals surface area contributed by atoms with E-state index < -0.39 is 0 Å². The van der Waals surface area contributed by atoms with Crippen molar-refractivity contribution in [2.75, 3.05) is 20.1 Å². The molecule has 19 heavy (non-hydrogen) atoms. The molecule has 0 aromatic heterocycles. The molecule has 0 aliphatic carbocycles. The second kappa shape index (κ2) is 7.85. The maximum Gasteiger partial charge on any atom is 0.223 e. The minimum absolute atomic E-state index is 0.102. The van der Waals surface area contributed by atoms with E-state index in [2.05, 4.69) is 24.2 Å². The van der Waals surface area contributed by atoms with Gasteiger partial charge in [0.05, 0.1) is 0 Å². The van der Waals surface area contributed by atoms with Gasteiger partial charge in [-0.05, 0) is 45.7 Å². The number of nitrogens with one attached hydrogen (secondary N) is 1. The van der Waals surface area contributed by atoms with Crippen molar-refractivity contribution in [2.24, 2.45) is 17.6 Å². The van der Waals surface area contributed by atoms with Crippen LogP contribution in [0.3, 0.4) is 0 Å². The quantitative estimate of drug-likeness (QED) is 0.770. The molecule has 0 bridgehead atoms. The molecule has 3 N–H and O–H groups in total. The molecule has 1 fully saturated rings. The second-order valence-corrected chi connectivity index (χ2v) is 6.45. The Kier molecular flexibility index (Phi) is 6.80. The third-order valence-electron chi connectivity index (χ3n) is 4.18. The molecule has 1 saturated heterocycles. The number of nitrogens with two attached hydrogens (primary N) is 1. The number of hydrogen-bond donors (Lipinski definition) is 2. The SMILES string of the molecule is CC(N)CCCC(C)C(=O)NC1CCN(C)CC1C. The van der Waals surface area contributed by atoms with Gasteiger partial charge in [0.2, 0.25) is 5.91 Å². The van der Waals surface area contributed by atoms with Crippen LogP contribution in [0.4, 0.5) is 0 Å². The van der Waals surface area contributed by atoms with Gasteiger partial charge in [-0.25, -0.2) is 0 Å². The highest BCUT2D eigenvalue weighted by Gasteiger charge is 2.26. The Balaban J connectivity index is 2.29. The van der Waals surface area contributed by atoms with E-state index in [0.29, 0.717) is 12.0 Å². The van der Waals surface area contributed by atoms with Gasteiger partial charge in [-0.15, -0.1) is 0 Å². The highest BCUT2D eigenvalue weighted by atomic mass is 16.1. The second-order valence-electron chi connectivity index (χ2n) is 6.45. The topological polar surface area (TPSA) is 58.4 Å². The molecule has 4 atom stereocenters. The van der Waals surface area contributed by atoms with Crippen molar-refractivity contribution >= 4 is 5.91 Å². The number of nitrogens with zero attached hydrogens (tertiary/aromatic N) is 1. The molecule has 4 heteroatoms. The van der Waals surface area contributed by atoms with Crippen LogP contribution in [-0.2, 0) is 4.79 Å². The van der Waals surface area contributed by atoms with Crippen LogP contribution in [0.25, 0.3) is 0 Å². The molecule has 0 aromatic rings. The summed E-state index contributed by atoms with van der Waals surface area (Å²) in [6.45, 7) is 8.42. The van der Waals surface area contributed by atoms with Crippen LogP contribution >= 0.6 is 0 Å². The van der Waals surface area contributed by atoms with Crippen molar-refractivity contribution in [1.82, 2.24) is 10.2 Å². The largest absolute Gasteiger partial charge is 0.353 e. The maximum atomic E-state index is 12.2. The molecular weight excluding hydrogens is 238 g/mol. The van der Waals surface area contributed by atoms with Gasteiger partial charge in [0.15, 0.2) is 0 Å². The number of amides is 1. The number of likely N-dealkylation sites (tertiary alicyclic amines) is 1. The predicted molar refractivity (Wildman–Crippen MR) is 79.9 cm³/mol. The summed E-state index contributed by atoms with van der Waals surface area (Å²) in [7, 11) is 2.14. The van der Waals surface area contributed by atoms with Crippen LogP contribution in [0.2, 0.25) is 0 Å². The Hall–Kier alpha value is -0.610. The van der Waals surface area contributed by atoms with Crippen LogP contribution in [-0.4, -0.2) is 43.0 Å². The Bertz CT molecular complexity index is 281. The van der Waals surface area contributed by atoms with E-state index in [1.165, 1.54) is 0 Å². The first-order chi connectivity index (χ1) is 8.90. The molecule has 1 amide bonds. The van der Waals surface area contributed by atoms with Gasteiger partial charge >= 0.3 is 0 Å². The van der Waals surface area contributed by atoms with Crippen molar-refractivity contribution in [3.05, 3.63) is 0 Å². The first-order valence-corrected chi connectivity index (χ1v) is 7.64. The van der Waals surface area contributed by atoms with E-state index in [-0.39, 0.29) is 17.9 Å². The van der Waals surface area contributed by atoms with E-state index >= 15 is 0 Å². The average Bonchev–Trinajstić information content (AvgIpc) is 2.32. The van der Waals surface area contributed by atoms with Crippen LogP contribution < -0.4 is 11.1 Å². The summed E-state index contributed by atoms with van der Waals surface area (Å²) in [6, 6.07) is 0.587. The molecule has 1 aliphatic heterocycles. The van der Waals surface area contributed by atoms with Gasteiger partial charge < -0.3 is 16.0 Å². The third kappa shape index (κ3) is 5.91. The number of carbonyl (C=O) groups is 1. The third-order valence-corrected chi connectivity index (χ3v) is 4.18. The molecular formula is C15H31N3O. The molecule has 0 radical (unpaired) electrons. The lowest BCUT2D eigenvalue weighted by atomic mass is 9.93. The van der Waals surface area contributed by atoms with Gasteiger partial charge in [-0.3, -0.25) is 4.79 Å². The molecule has 112 valence electrons. The fourth-order valence-electron chi connectivity index (χ4n) is 2.77. The van der Waals surface area contributed by atoms with E-state index in [1.54, 1.807) is 0 Å². The summed E-state index contributed by atoms with van der Waals surface area (Å²) < 4.78 is 0. The minimum Gasteiger partial charge on any atom is -0.353 e. The van der Waals surface area contributed by atoms with Crippen LogP contribution in [0.1, 0.15) is 46.5 Å². The molecule has 4 nitrogen and oxygen atoms in total. The summed E-state index contributed by atoms with van der Waals surface area (Å²) in [6.07, 6.45) is 4.04. The molecule has 4 unspecified atom stereocenters. The normalized spacial score (nSPS) is 27.8. The standard InChI is InChI=1S/C15H31N3O/c1-11(6-5-7-13(3)16)15(19)17-14-8-9-18(4)10-12(14)2/h11-14H,5-10,16H2,1-4H3,(H,17,19). The summed E-state index contributed by atoms with van der Waals surface area (Å²) in [5.41, 5.74) is 5.73. The molecule has 0 saturated carbocycles. The van der Waals surface area contributed by atoms with Crippen molar-refractivity contribution in [3.63, 3.8) is 0 Å². The maximum absolute atomic E-state index is 12.2. The lowest BCUT2D eigenvalue weighted by Crippen LogP contribution is -2.50. The molecule has 1 rings (SSSR count). The van der Waals surface area contributed by atoms with Crippen molar-refractivity contribution < 1.29 is 4.79 Å². The Morgan fingerprint density at radius 3 is 2.68 bits per heavy atom. The van der Waals surface area contributed by atoms with Gasteiger partial charge in [0, 0.05) is 24.5 Å². The van der Waals surface area contributed by atoms with E-state index in [4.69, 9.17) is 5.73 Å². The van der Waals surface area contributed by atoms with E-state index in [9.17, 15) is 4.79 Å². The lowest BCUT2D eigenvalue weighted by molar-refractivity contribution is -0.126. The van der Waals surface area contributed by atoms with Crippen LogP contribution in [0, 0.1) is 11.8 Å². The van der Waals surface area contributed by atoms with Gasteiger partial charge in [0.1, 0.15) is 0 Å². The summed E-state index contributed by atoms with van der Waals surface area (Å²) in [5.74, 6) is 0.857. The zero-order valence-electron chi connectivity index (χ0n) is 13.0. The predicted octanol–water partition coefficient (Wildman–Crippen LogP) is 1.60. The van der Waals surface area contributed by atoms with Gasteiger partial charge in [0.25, 0.3) is 0 Å². The summed E-state index contributed by atoms with van der Waals surface area (Å²) >= 11 is 0. The monoisotopic (exact) mass is 269 g/mol. The zero-order valence-corrected chi connectivity index (χ0v) is 13.0. The van der Waals surface area contributed by atoms with Crippen molar-refractivity contribution in [1.29, 1.82) is 0 Å². The molecule has 0 aromatic carbocycles. The Labute approximate surface area is 118 Å². The summed E-state index contributed by atoms with van der Waals surface area (Å²) in [4.78, 5) is 14.5. The number of piperidine rings is 1. The first kappa shape index (κ1) is 16.4. The molecule has 0 spiro atoms. The van der Waals surface area contributed by atoms with Gasteiger partial charge in [-0.2, -0.15) is 0 Å². The van der Waals surface area contributed by atoms with E-state index in [1.807, 2.05) is 13.8 Å². The molecule has 1 aliphatic rings.